The second kappa shape index (κ2) is 18.5. The van der Waals surface area contributed by atoms with Crippen molar-refractivity contribution in [1.29, 1.82) is 0 Å². The van der Waals surface area contributed by atoms with Gasteiger partial charge in [0.05, 0.1) is 0 Å². The van der Waals surface area contributed by atoms with E-state index in [4.69, 9.17) is 4.42 Å². The first-order valence-corrected chi connectivity index (χ1v) is 20.4. The topological polar surface area (TPSA) is 18.1 Å². The van der Waals surface area contributed by atoms with Gasteiger partial charge in [-0.25, -0.2) is 0 Å². The van der Waals surface area contributed by atoms with E-state index in [1.165, 1.54) is 97.8 Å². The van der Waals surface area contributed by atoms with E-state index in [9.17, 15) is 0 Å². The molecule has 0 spiro atoms. The molecule has 3 heteroatoms. The van der Waals surface area contributed by atoms with Crippen molar-refractivity contribution in [1.82, 2.24) is 4.57 Å². The first kappa shape index (κ1) is 41.8. The van der Waals surface area contributed by atoms with Gasteiger partial charge in [0.15, 0.2) is 0 Å². The Labute approximate surface area is 339 Å². The third kappa shape index (κ3) is 11.1. The normalized spacial score (nSPS) is 10.6. The van der Waals surface area contributed by atoms with Crippen molar-refractivity contribution in [3.8, 4) is 0 Å². The number of rotatable bonds is 0. The molecule has 2 nitrogen and oxygen atoms in total. The first-order chi connectivity index (χ1) is 26.6. The lowest BCUT2D eigenvalue weighted by atomic mass is 10.0. The Balaban J connectivity index is 0.000000135. The lowest BCUT2D eigenvalue weighted by Gasteiger charge is -2.04. The molecule has 3 aromatic heterocycles. The van der Waals surface area contributed by atoms with Crippen LogP contribution in [0.25, 0.3) is 42.7 Å². The molecule has 3 heterocycles. The van der Waals surface area contributed by atoms with Crippen molar-refractivity contribution in [2.75, 3.05) is 0 Å². The van der Waals surface area contributed by atoms with Crippen molar-refractivity contribution < 1.29 is 4.42 Å². The highest BCUT2D eigenvalue weighted by molar-refractivity contribution is 7.19. The summed E-state index contributed by atoms with van der Waals surface area (Å²) in [6.07, 6.45) is 0. The van der Waals surface area contributed by atoms with Gasteiger partial charge in [-0.15, -0.1) is 11.3 Å². The van der Waals surface area contributed by atoms with Gasteiger partial charge >= 0.3 is 0 Å². The molecule has 0 atom stereocenters. The van der Waals surface area contributed by atoms with Crippen LogP contribution in [-0.4, -0.2) is 4.57 Å². The Hall–Kier alpha value is -5.38. The minimum atomic E-state index is 0.977. The predicted octanol–water partition coefficient (Wildman–Crippen LogP) is 15.7. The number of aromatic nitrogens is 1. The summed E-state index contributed by atoms with van der Waals surface area (Å²) in [7, 11) is 2.10. The third-order valence-electron chi connectivity index (χ3n) is 10.3. The van der Waals surface area contributed by atoms with Gasteiger partial charge in [-0.3, -0.25) is 0 Å². The van der Waals surface area contributed by atoms with Crippen molar-refractivity contribution in [3.05, 3.63) is 188 Å². The number of benzene rings is 6. The van der Waals surface area contributed by atoms with Crippen molar-refractivity contribution >= 4 is 54.1 Å². The Kier molecular flexibility index (Phi) is 13.8. The molecule has 0 radical (unpaired) electrons. The van der Waals surface area contributed by atoms with E-state index in [1.54, 1.807) is 0 Å². The number of hydrogen-bond acceptors (Lipinski definition) is 2. The molecule has 0 saturated heterocycles. The van der Waals surface area contributed by atoms with E-state index in [0.717, 1.165) is 11.3 Å². The van der Waals surface area contributed by atoms with E-state index in [-0.39, 0.29) is 0 Å². The second-order valence-corrected chi connectivity index (χ2v) is 16.9. The fourth-order valence-corrected chi connectivity index (χ4v) is 7.64. The van der Waals surface area contributed by atoms with Gasteiger partial charge in [0.25, 0.3) is 0 Å². The van der Waals surface area contributed by atoms with E-state index < -0.39 is 0 Å². The molecule has 0 amide bonds. The number of thiophene rings is 1. The lowest BCUT2D eigenvalue weighted by Crippen LogP contribution is -1.88. The molecule has 0 aliphatic carbocycles. The highest BCUT2D eigenvalue weighted by atomic mass is 32.1. The predicted molar refractivity (Wildman–Crippen MR) is 248 cm³/mol. The van der Waals surface area contributed by atoms with Crippen LogP contribution in [0.5, 0.6) is 0 Å². The fourth-order valence-electron chi connectivity index (χ4n) is 6.73. The summed E-state index contributed by atoms with van der Waals surface area (Å²) in [6.45, 7) is 25.4. The molecule has 9 rings (SSSR count). The van der Waals surface area contributed by atoms with Gasteiger partial charge < -0.3 is 8.98 Å². The monoisotopic (exact) mass is 757 g/mol. The fraction of sp³-hybridized carbons (Fsp3) is 0.245. The second-order valence-electron chi connectivity index (χ2n) is 15.6. The van der Waals surface area contributed by atoms with Crippen LogP contribution >= 0.6 is 11.3 Å². The molecule has 6 aromatic carbocycles. The van der Waals surface area contributed by atoms with Crippen LogP contribution < -0.4 is 0 Å². The summed E-state index contributed by atoms with van der Waals surface area (Å²) in [4.78, 5) is 1.39. The molecule has 0 bridgehead atoms. The number of aryl methyl sites for hydroxylation is 13. The van der Waals surface area contributed by atoms with Gasteiger partial charge in [-0.2, -0.15) is 0 Å². The maximum absolute atomic E-state index is 5.42. The van der Waals surface area contributed by atoms with Crippen molar-refractivity contribution in [2.45, 2.75) is 83.1 Å². The summed E-state index contributed by atoms with van der Waals surface area (Å²) >= 11 is 1.86. The molecule has 0 aliphatic rings. The van der Waals surface area contributed by atoms with Crippen molar-refractivity contribution in [2.24, 2.45) is 7.05 Å². The number of hydrogen-bond donors (Lipinski definition) is 0. The Morgan fingerprint density at radius 1 is 0.393 bits per heavy atom. The van der Waals surface area contributed by atoms with Crippen LogP contribution in [0.2, 0.25) is 0 Å². The molecule has 0 N–H and O–H groups in total. The molecule has 0 aliphatic heterocycles. The molecule has 288 valence electrons. The van der Waals surface area contributed by atoms with Gasteiger partial charge in [0.1, 0.15) is 11.3 Å². The lowest BCUT2D eigenvalue weighted by molar-refractivity contribution is 0.578. The molecule has 56 heavy (non-hydrogen) atoms. The maximum atomic E-state index is 5.42. The Morgan fingerprint density at radius 2 is 0.911 bits per heavy atom. The van der Waals surface area contributed by atoms with Crippen molar-refractivity contribution in [3.63, 3.8) is 0 Å². The number of fused-ring (bicyclic) bond motifs is 4. The highest BCUT2D eigenvalue weighted by Gasteiger charge is 2.02. The third-order valence-corrected chi connectivity index (χ3v) is 11.3. The van der Waals surface area contributed by atoms with Gasteiger partial charge in [-0.05, 0) is 170 Å². The summed E-state index contributed by atoms with van der Waals surface area (Å²) < 4.78 is 9.04. The highest BCUT2D eigenvalue weighted by Crippen LogP contribution is 2.26. The first-order valence-electron chi connectivity index (χ1n) is 19.5. The van der Waals surface area contributed by atoms with Gasteiger partial charge in [-0.1, -0.05) is 101 Å². The average Bonchev–Trinajstić information content (AvgIpc) is 3.79. The van der Waals surface area contributed by atoms with E-state index >= 15 is 0 Å². The van der Waals surface area contributed by atoms with Crippen LogP contribution in [0.15, 0.2) is 126 Å². The van der Waals surface area contributed by atoms with E-state index in [1.807, 2.05) is 24.3 Å². The Bertz CT molecular complexity index is 2660. The zero-order valence-corrected chi connectivity index (χ0v) is 36.6. The van der Waals surface area contributed by atoms with Crippen LogP contribution in [0, 0.1) is 83.1 Å². The average molecular weight is 758 g/mol. The van der Waals surface area contributed by atoms with Gasteiger partial charge in [0, 0.05) is 38.6 Å². The van der Waals surface area contributed by atoms with Gasteiger partial charge in [0.2, 0.25) is 0 Å². The SMILES string of the molecule is Cc1ccc(C)c(C)c1.Cc1ccc2c(c1)cc(C)n2C.Cc1ccc2cc(C)c(C)cc2c1.Cc1ccc2oc(C)cc2c1.Cc1ccc2sc(C)cc2c1. The molecular weight excluding hydrogens is 699 g/mol. The zero-order chi connectivity index (χ0) is 40.7. The Morgan fingerprint density at radius 3 is 1.57 bits per heavy atom. The van der Waals surface area contributed by atoms with E-state index in [0.29, 0.717) is 0 Å². The molecular formula is C53H59NOS. The quantitative estimate of drug-likeness (QED) is 0.151. The van der Waals surface area contributed by atoms with Crippen LogP contribution in [-0.2, 0) is 7.05 Å². The molecule has 9 aromatic rings. The summed E-state index contributed by atoms with van der Waals surface area (Å²) in [5.41, 5.74) is 15.7. The van der Waals surface area contributed by atoms with Crippen LogP contribution in [0.1, 0.15) is 66.4 Å². The number of furan rings is 1. The summed E-state index contributed by atoms with van der Waals surface area (Å²) in [6, 6.07) is 43.5. The van der Waals surface area contributed by atoms with Crippen LogP contribution in [0.3, 0.4) is 0 Å². The minimum absolute atomic E-state index is 0.977. The van der Waals surface area contributed by atoms with Crippen LogP contribution in [0.4, 0.5) is 0 Å². The standard InChI is InChI=1S/C13H14.C11H13N.C10H10O.C10H10S.C9H12/c1-9-4-5-12-7-10(2)11(3)8-13(12)6-9;1-8-4-5-11-10(6-8)7-9(2)12(11)3;2*1-7-3-4-10-9(5-7)6-8(2)11-10;1-7-4-5-8(2)9(3)6-7/h4-8H,1-3H3;4-7H,1-3H3;2*3-6H,1-2H3;4-6H,1-3H3. The smallest absolute Gasteiger partial charge is 0.134 e. The molecule has 0 unspecified atom stereocenters. The molecule has 0 fully saturated rings. The van der Waals surface area contributed by atoms with E-state index in [2.05, 4.69) is 203 Å². The largest absolute Gasteiger partial charge is 0.461 e. The maximum Gasteiger partial charge on any atom is 0.134 e. The zero-order valence-electron chi connectivity index (χ0n) is 35.8. The summed E-state index contributed by atoms with van der Waals surface area (Å²) in [5, 5.41) is 6.61. The summed E-state index contributed by atoms with van der Waals surface area (Å²) in [5.74, 6) is 0.977. The molecule has 0 saturated carbocycles. The minimum Gasteiger partial charge on any atom is -0.461 e. The number of nitrogens with zero attached hydrogens (tertiary/aromatic N) is 1.